The maximum atomic E-state index is 10.8. The maximum Gasteiger partial charge on any atom is 0.271 e. The summed E-state index contributed by atoms with van der Waals surface area (Å²) in [5, 5.41) is 24.1. The number of non-ortho nitro benzene ring substituents is 1. The number of aliphatic hydroxyl groups is 1. The number of thiazole rings is 1. The fraction of sp³-hybridized carbons (Fsp3) is 0.133. The molecule has 1 aromatic heterocycles. The molecule has 0 saturated carbocycles. The number of benzene rings is 2. The predicted molar refractivity (Wildman–Crippen MR) is 86.2 cm³/mol. The minimum absolute atomic E-state index is 0.0196. The van der Waals surface area contributed by atoms with Crippen LogP contribution >= 0.6 is 11.3 Å². The van der Waals surface area contributed by atoms with Gasteiger partial charge in [-0.15, -0.1) is 0 Å². The predicted octanol–water partition coefficient (Wildman–Crippen LogP) is 3.35. The van der Waals surface area contributed by atoms with Gasteiger partial charge in [-0.1, -0.05) is 41.7 Å². The Morgan fingerprint density at radius 2 is 2.05 bits per heavy atom. The minimum atomic E-state index is -0.438. The lowest BCUT2D eigenvalue weighted by molar-refractivity contribution is -0.384. The summed E-state index contributed by atoms with van der Waals surface area (Å²) < 4.78 is 0.859. The molecule has 1 heterocycles. The van der Waals surface area contributed by atoms with E-state index in [-0.39, 0.29) is 18.3 Å². The fourth-order valence-electron chi connectivity index (χ4n) is 2.16. The number of aromatic nitrogens is 1. The lowest BCUT2D eigenvalue weighted by Crippen LogP contribution is -2.14. The molecule has 1 atom stereocenters. The van der Waals surface area contributed by atoms with Gasteiger partial charge in [-0.3, -0.25) is 10.1 Å². The Hall–Kier alpha value is -2.51. The number of rotatable bonds is 5. The van der Waals surface area contributed by atoms with Crippen LogP contribution in [0.1, 0.15) is 11.6 Å². The molecule has 112 valence electrons. The van der Waals surface area contributed by atoms with Crippen molar-refractivity contribution in [3.8, 4) is 0 Å². The number of nitro benzene ring substituents is 1. The van der Waals surface area contributed by atoms with Gasteiger partial charge >= 0.3 is 0 Å². The molecule has 0 aliphatic carbocycles. The van der Waals surface area contributed by atoms with Crippen molar-refractivity contribution in [2.75, 3.05) is 11.9 Å². The number of fused-ring (bicyclic) bond motifs is 1. The SMILES string of the molecule is O=[N+]([O-])c1ccc2sc(NC(CO)c3ccccc3)nc2c1. The molecule has 1 unspecified atom stereocenters. The third kappa shape index (κ3) is 2.90. The highest BCUT2D eigenvalue weighted by molar-refractivity contribution is 7.22. The second-order valence-corrected chi connectivity index (χ2v) is 5.75. The number of hydrogen-bond acceptors (Lipinski definition) is 6. The minimum Gasteiger partial charge on any atom is -0.394 e. The molecule has 0 saturated heterocycles. The van der Waals surface area contributed by atoms with Crippen LogP contribution in [0.2, 0.25) is 0 Å². The van der Waals surface area contributed by atoms with Crippen molar-refractivity contribution in [3.05, 3.63) is 64.2 Å². The standard InChI is InChI=1S/C15H13N3O3S/c19-9-13(10-4-2-1-3-5-10)17-15-16-12-8-11(18(20)21)6-7-14(12)22-15/h1-8,13,19H,9H2,(H,16,17). The Labute approximate surface area is 130 Å². The number of nitro groups is 1. The summed E-state index contributed by atoms with van der Waals surface area (Å²) in [6.07, 6.45) is 0. The summed E-state index contributed by atoms with van der Waals surface area (Å²) in [5.74, 6) is 0. The molecule has 0 fully saturated rings. The second kappa shape index (κ2) is 6.08. The smallest absolute Gasteiger partial charge is 0.271 e. The highest BCUT2D eigenvalue weighted by Crippen LogP contribution is 2.30. The van der Waals surface area contributed by atoms with E-state index in [1.54, 1.807) is 6.07 Å². The van der Waals surface area contributed by atoms with E-state index < -0.39 is 4.92 Å². The van der Waals surface area contributed by atoms with Crippen molar-refractivity contribution in [2.45, 2.75) is 6.04 Å². The molecule has 3 aromatic rings. The molecule has 22 heavy (non-hydrogen) atoms. The van der Waals surface area contributed by atoms with Crippen LogP contribution < -0.4 is 5.32 Å². The average molecular weight is 315 g/mol. The molecule has 0 bridgehead atoms. The summed E-state index contributed by atoms with van der Waals surface area (Å²) in [6, 6.07) is 13.9. The van der Waals surface area contributed by atoms with Gasteiger partial charge in [0.2, 0.25) is 0 Å². The van der Waals surface area contributed by atoms with Gasteiger partial charge in [0.15, 0.2) is 5.13 Å². The molecule has 0 radical (unpaired) electrons. The van der Waals surface area contributed by atoms with Gasteiger partial charge in [-0.25, -0.2) is 4.98 Å². The van der Waals surface area contributed by atoms with E-state index in [0.29, 0.717) is 10.6 Å². The van der Waals surface area contributed by atoms with Gasteiger partial charge in [0.05, 0.1) is 27.8 Å². The largest absolute Gasteiger partial charge is 0.394 e. The number of hydrogen-bond donors (Lipinski definition) is 2. The molecule has 6 nitrogen and oxygen atoms in total. The van der Waals surface area contributed by atoms with Crippen LogP contribution in [0.25, 0.3) is 10.2 Å². The topological polar surface area (TPSA) is 88.3 Å². The first kappa shape index (κ1) is 14.4. The Kier molecular flexibility index (Phi) is 3.99. The van der Waals surface area contributed by atoms with Crippen molar-refractivity contribution in [1.82, 2.24) is 4.98 Å². The van der Waals surface area contributed by atoms with Crippen LogP contribution in [-0.2, 0) is 0 Å². The quantitative estimate of drug-likeness (QED) is 0.557. The summed E-state index contributed by atoms with van der Waals surface area (Å²) in [4.78, 5) is 14.7. The first-order valence-electron chi connectivity index (χ1n) is 6.64. The van der Waals surface area contributed by atoms with Gasteiger partial charge in [-0.2, -0.15) is 0 Å². The molecule has 0 aliphatic rings. The third-order valence-corrected chi connectivity index (χ3v) is 4.23. The number of anilines is 1. The van der Waals surface area contributed by atoms with Crippen molar-refractivity contribution in [2.24, 2.45) is 0 Å². The van der Waals surface area contributed by atoms with Gasteiger partial charge in [0, 0.05) is 12.1 Å². The number of nitrogens with zero attached hydrogens (tertiary/aromatic N) is 2. The molecule has 7 heteroatoms. The van der Waals surface area contributed by atoms with Gasteiger partial charge < -0.3 is 10.4 Å². The number of aliphatic hydroxyl groups excluding tert-OH is 1. The molecule has 0 spiro atoms. The maximum absolute atomic E-state index is 10.8. The Balaban J connectivity index is 1.88. The normalized spacial score (nSPS) is 12.2. The van der Waals surface area contributed by atoms with Crippen molar-refractivity contribution < 1.29 is 10.0 Å². The molecule has 3 rings (SSSR count). The zero-order chi connectivity index (χ0) is 15.5. The van der Waals surface area contributed by atoms with Crippen LogP contribution in [-0.4, -0.2) is 21.6 Å². The highest BCUT2D eigenvalue weighted by Gasteiger charge is 2.14. The fourth-order valence-corrected chi connectivity index (χ4v) is 3.06. The van der Waals surface area contributed by atoms with Crippen molar-refractivity contribution in [3.63, 3.8) is 0 Å². The van der Waals surface area contributed by atoms with Gasteiger partial charge in [0.25, 0.3) is 5.69 Å². The molecular formula is C15H13N3O3S. The second-order valence-electron chi connectivity index (χ2n) is 4.72. The lowest BCUT2D eigenvalue weighted by atomic mass is 10.1. The molecule has 2 aromatic carbocycles. The van der Waals surface area contributed by atoms with E-state index in [1.165, 1.54) is 23.5 Å². The Morgan fingerprint density at radius 1 is 1.27 bits per heavy atom. The molecule has 2 N–H and O–H groups in total. The molecular weight excluding hydrogens is 302 g/mol. The first-order valence-corrected chi connectivity index (χ1v) is 7.46. The van der Waals surface area contributed by atoms with Gasteiger partial charge in [0.1, 0.15) is 0 Å². The van der Waals surface area contributed by atoms with E-state index in [0.717, 1.165) is 10.3 Å². The summed E-state index contributed by atoms with van der Waals surface area (Å²) in [6.45, 7) is -0.0694. The highest BCUT2D eigenvalue weighted by atomic mass is 32.1. The van der Waals surface area contributed by atoms with E-state index in [4.69, 9.17) is 0 Å². The number of nitrogens with one attached hydrogen (secondary N) is 1. The summed E-state index contributed by atoms with van der Waals surface area (Å²) in [5.41, 5.74) is 1.55. The summed E-state index contributed by atoms with van der Waals surface area (Å²) >= 11 is 1.40. The third-order valence-electron chi connectivity index (χ3n) is 3.26. The van der Waals surface area contributed by atoms with Crippen LogP contribution in [0.4, 0.5) is 10.8 Å². The van der Waals surface area contributed by atoms with Crippen LogP contribution in [0.15, 0.2) is 48.5 Å². The van der Waals surface area contributed by atoms with E-state index >= 15 is 0 Å². The van der Waals surface area contributed by atoms with Crippen LogP contribution in [0, 0.1) is 10.1 Å². The Morgan fingerprint density at radius 3 is 2.73 bits per heavy atom. The molecule has 0 amide bonds. The monoisotopic (exact) mass is 315 g/mol. The van der Waals surface area contributed by atoms with Crippen LogP contribution in [0.3, 0.4) is 0 Å². The molecule has 0 aliphatic heterocycles. The van der Waals surface area contributed by atoms with Crippen molar-refractivity contribution >= 4 is 32.4 Å². The van der Waals surface area contributed by atoms with E-state index in [1.807, 2.05) is 30.3 Å². The average Bonchev–Trinajstić information content (AvgIpc) is 2.94. The van der Waals surface area contributed by atoms with Gasteiger partial charge in [-0.05, 0) is 11.6 Å². The van der Waals surface area contributed by atoms with Crippen molar-refractivity contribution in [1.29, 1.82) is 0 Å². The lowest BCUT2D eigenvalue weighted by Gasteiger charge is -2.15. The zero-order valence-electron chi connectivity index (χ0n) is 11.5. The first-order chi connectivity index (χ1) is 10.7. The van der Waals surface area contributed by atoms with E-state index in [2.05, 4.69) is 10.3 Å². The zero-order valence-corrected chi connectivity index (χ0v) is 12.3. The van der Waals surface area contributed by atoms with Crippen LogP contribution in [0.5, 0.6) is 0 Å². The summed E-state index contributed by atoms with van der Waals surface area (Å²) in [7, 11) is 0. The Bertz CT molecular complexity index is 804. The van der Waals surface area contributed by atoms with E-state index in [9.17, 15) is 15.2 Å².